The summed E-state index contributed by atoms with van der Waals surface area (Å²) in [6.45, 7) is 0.587. The third-order valence-electron chi connectivity index (χ3n) is 2.92. The number of nitrogens with one attached hydrogen (secondary N) is 2. The molecule has 0 aliphatic rings. The standard InChI is InChI=1S/C14H11ClFN3/c15-12-5-9(1-3-13(12)16)7-17-11-2-4-14-10(6-11)8-18-19-14/h1-6,8,17H,7H2,(H,18,19). The van der Waals surface area contributed by atoms with Gasteiger partial charge < -0.3 is 5.32 Å². The van der Waals surface area contributed by atoms with Gasteiger partial charge in [0.05, 0.1) is 16.7 Å². The van der Waals surface area contributed by atoms with Crippen molar-refractivity contribution in [2.45, 2.75) is 6.54 Å². The van der Waals surface area contributed by atoms with Crippen LogP contribution in [-0.4, -0.2) is 10.2 Å². The SMILES string of the molecule is Fc1ccc(CNc2ccc3[nH]ncc3c2)cc1Cl. The fraction of sp³-hybridized carbons (Fsp3) is 0.0714. The second-order valence-electron chi connectivity index (χ2n) is 4.27. The van der Waals surface area contributed by atoms with Crippen LogP contribution in [0.1, 0.15) is 5.56 Å². The average molecular weight is 276 g/mol. The van der Waals surface area contributed by atoms with Gasteiger partial charge in [-0.15, -0.1) is 0 Å². The zero-order valence-corrected chi connectivity index (χ0v) is 10.7. The van der Waals surface area contributed by atoms with E-state index in [0.717, 1.165) is 22.2 Å². The van der Waals surface area contributed by atoms with Crippen LogP contribution in [0, 0.1) is 5.82 Å². The molecule has 1 heterocycles. The summed E-state index contributed by atoms with van der Waals surface area (Å²) in [5.74, 6) is -0.398. The zero-order chi connectivity index (χ0) is 13.2. The first kappa shape index (κ1) is 12.0. The van der Waals surface area contributed by atoms with Gasteiger partial charge in [0.2, 0.25) is 0 Å². The predicted octanol–water partition coefficient (Wildman–Crippen LogP) is 3.97. The third-order valence-corrected chi connectivity index (χ3v) is 3.21. The van der Waals surface area contributed by atoms with E-state index in [1.807, 2.05) is 18.2 Å². The lowest BCUT2D eigenvalue weighted by Crippen LogP contribution is -1.99. The number of halogens is 2. The molecule has 0 saturated heterocycles. The molecule has 0 atom stereocenters. The van der Waals surface area contributed by atoms with Gasteiger partial charge in [-0.2, -0.15) is 5.10 Å². The number of hydrogen-bond acceptors (Lipinski definition) is 2. The van der Waals surface area contributed by atoms with Crippen LogP contribution in [-0.2, 0) is 6.54 Å². The lowest BCUT2D eigenvalue weighted by molar-refractivity contribution is 0.627. The molecule has 3 rings (SSSR count). The molecule has 0 amide bonds. The molecule has 0 spiro atoms. The molecule has 96 valence electrons. The molecule has 0 unspecified atom stereocenters. The van der Waals surface area contributed by atoms with Gasteiger partial charge in [0, 0.05) is 17.6 Å². The molecule has 19 heavy (non-hydrogen) atoms. The summed E-state index contributed by atoms with van der Waals surface area (Å²) < 4.78 is 13.0. The average Bonchev–Trinajstić information content (AvgIpc) is 2.87. The van der Waals surface area contributed by atoms with E-state index < -0.39 is 5.82 Å². The summed E-state index contributed by atoms with van der Waals surface area (Å²) in [4.78, 5) is 0. The Balaban J connectivity index is 1.75. The van der Waals surface area contributed by atoms with Crippen molar-refractivity contribution in [2.24, 2.45) is 0 Å². The molecule has 0 fully saturated rings. The molecule has 2 aromatic carbocycles. The van der Waals surface area contributed by atoms with Crippen LogP contribution in [0.3, 0.4) is 0 Å². The number of aromatic nitrogens is 2. The topological polar surface area (TPSA) is 40.7 Å². The van der Waals surface area contributed by atoms with Crippen molar-refractivity contribution in [3.05, 3.63) is 59.0 Å². The van der Waals surface area contributed by atoms with Crippen LogP contribution in [0.4, 0.5) is 10.1 Å². The molecule has 2 N–H and O–H groups in total. The second kappa shape index (κ2) is 4.90. The van der Waals surface area contributed by atoms with Crippen molar-refractivity contribution >= 4 is 28.2 Å². The lowest BCUT2D eigenvalue weighted by Gasteiger charge is -2.07. The van der Waals surface area contributed by atoms with Gasteiger partial charge in [-0.1, -0.05) is 17.7 Å². The van der Waals surface area contributed by atoms with Crippen LogP contribution >= 0.6 is 11.6 Å². The summed E-state index contributed by atoms with van der Waals surface area (Å²) in [6, 6.07) is 10.6. The summed E-state index contributed by atoms with van der Waals surface area (Å²) in [6.07, 6.45) is 1.77. The van der Waals surface area contributed by atoms with Gasteiger partial charge in [0.15, 0.2) is 0 Å². The quantitative estimate of drug-likeness (QED) is 0.759. The van der Waals surface area contributed by atoms with Gasteiger partial charge in [-0.25, -0.2) is 4.39 Å². The van der Waals surface area contributed by atoms with E-state index in [4.69, 9.17) is 11.6 Å². The molecule has 0 radical (unpaired) electrons. The fourth-order valence-electron chi connectivity index (χ4n) is 1.91. The van der Waals surface area contributed by atoms with Gasteiger partial charge in [0.1, 0.15) is 5.82 Å². The Morgan fingerprint density at radius 3 is 2.95 bits per heavy atom. The largest absolute Gasteiger partial charge is 0.381 e. The first-order valence-electron chi connectivity index (χ1n) is 5.83. The van der Waals surface area contributed by atoms with Gasteiger partial charge in [-0.05, 0) is 35.9 Å². The van der Waals surface area contributed by atoms with E-state index in [-0.39, 0.29) is 5.02 Å². The highest BCUT2D eigenvalue weighted by atomic mass is 35.5. The Hall–Kier alpha value is -2.07. The number of nitrogens with zero attached hydrogens (tertiary/aromatic N) is 1. The molecule has 0 saturated carbocycles. The van der Waals surface area contributed by atoms with Gasteiger partial charge >= 0.3 is 0 Å². The Labute approximate surface area is 114 Å². The number of aromatic amines is 1. The predicted molar refractivity (Wildman–Crippen MR) is 74.8 cm³/mol. The highest BCUT2D eigenvalue weighted by Crippen LogP contribution is 2.19. The van der Waals surface area contributed by atoms with E-state index in [9.17, 15) is 4.39 Å². The summed E-state index contributed by atoms with van der Waals surface area (Å²) in [5, 5.41) is 11.3. The fourth-order valence-corrected chi connectivity index (χ4v) is 2.11. The van der Waals surface area contributed by atoms with Crippen molar-refractivity contribution in [1.82, 2.24) is 10.2 Å². The smallest absolute Gasteiger partial charge is 0.141 e. The third kappa shape index (κ3) is 2.53. The molecule has 5 heteroatoms. The van der Waals surface area contributed by atoms with Crippen LogP contribution in [0.15, 0.2) is 42.6 Å². The maximum Gasteiger partial charge on any atom is 0.141 e. The maximum absolute atomic E-state index is 13.0. The maximum atomic E-state index is 13.0. The van der Waals surface area contributed by atoms with Crippen molar-refractivity contribution in [3.63, 3.8) is 0 Å². The first-order chi connectivity index (χ1) is 9.22. The molecule has 0 bridgehead atoms. The van der Waals surface area contributed by atoms with Crippen molar-refractivity contribution in [1.29, 1.82) is 0 Å². The lowest BCUT2D eigenvalue weighted by atomic mass is 10.2. The van der Waals surface area contributed by atoms with Crippen molar-refractivity contribution in [3.8, 4) is 0 Å². The van der Waals surface area contributed by atoms with Crippen LogP contribution in [0.2, 0.25) is 5.02 Å². The summed E-state index contributed by atoms with van der Waals surface area (Å²) in [5.41, 5.74) is 2.91. The van der Waals surface area contributed by atoms with Crippen LogP contribution in [0.25, 0.3) is 10.9 Å². The van der Waals surface area contributed by atoms with Crippen molar-refractivity contribution < 1.29 is 4.39 Å². The molecular formula is C14H11ClFN3. The van der Waals surface area contributed by atoms with E-state index in [0.29, 0.717) is 6.54 Å². The number of rotatable bonds is 3. The second-order valence-corrected chi connectivity index (χ2v) is 4.68. The van der Waals surface area contributed by atoms with Gasteiger partial charge in [-0.3, -0.25) is 5.10 Å². The van der Waals surface area contributed by atoms with Gasteiger partial charge in [0.25, 0.3) is 0 Å². The minimum Gasteiger partial charge on any atom is -0.381 e. The first-order valence-corrected chi connectivity index (χ1v) is 6.21. The number of anilines is 1. The van der Waals surface area contributed by atoms with E-state index >= 15 is 0 Å². The summed E-state index contributed by atoms with van der Waals surface area (Å²) in [7, 11) is 0. The molecule has 0 aliphatic carbocycles. The highest BCUT2D eigenvalue weighted by molar-refractivity contribution is 6.30. The molecular weight excluding hydrogens is 265 g/mol. The van der Waals surface area contributed by atoms with Crippen LogP contribution < -0.4 is 5.32 Å². The molecule has 0 aliphatic heterocycles. The molecule has 3 nitrogen and oxygen atoms in total. The minimum atomic E-state index is -0.398. The Morgan fingerprint density at radius 1 is 1.21 bits per heavy atom. The monoisotopic (exact) mass is 275 g/mol. The van der Waals surface area contributed by atoms with Crippen molar-refractivity contribution in [2.75, 3.05) is 5.32 Å². The normalized spacial score (nSPS) is 10.8. The minimum absolute atomic E-state index is 0.143. The van der Waals surface area contributed by atoms with E-state index in [1.165, 1.54) is 6.07 Å². The number of H-pyrrole nitrogens is 1. The number of hydrogen-bond donors (Lipinski definition) is 2. The number of benzene rings is 2. The Kier molecular flexibility index (Phi) is 3.09. The van der Waals surface area contributed by atoms with Crippen LogP contribution in [0.5, 0.6) is 0 Å². The zero-order valence-electron chi connectivity index (χ0n) is 9.95. The molecule has 1 aromatic heterocycles. The Morgan fingerprint density at radius 2 is 2.11 bits per heavy atom. The highest BCUT2D eigenvalue weighted by Gasteiger charge is 2.02. The van der Waals surface area contributed by atoms with E-state index in [1.54, 1.807) is 18.3 Å². The number of fused-ring (bicyclic) bond motifs is 1. The van der Waals surface area contributed by atoms with E-state index in [2.05, 4.69) is 15.5 Å². The Bertz CT molecular complexity index is 724. The summed E-state index contributed by atoms with van der Waals surface area (Å²) >= 11 is 5.74. The molecule has 3 aromatic rings.